The van der Waals surface area contributed by atoms with Crippen molar-refractivity contribution in [3.8, 4) is 12.1 Å². The summed E-state index contributed by atoms with van der Waals surface area (Å²) in [5.41, 5.74) is 0.397. The van der Waals surface area contributed by atoms with Crippen molar-refractivity contribution in [1.82, 2.24) is 10.6 Å². The monoisotopic (exact) mass is 346 g/mol. The maximum absolute atomic E-state index is 13.7. The maximum Gasteiger partial charge on any atom is 0.148 e. The molecule has 1 aromatic heterocycles. The van der Waals surface area contributed by atoms with Crippen LogP contribution in [0.4, 0.5) is 4.39 Å². The Labute approximate surface area is 142 Å². The first-order valence-corrected chi connectivity index (χ1v) is 7.89. The molecule has 0 atom stereocenters. The van der Waals surface area contributed by atoms with Gasteiger partial charge >= 0.3 is 0 Å². The van der Waals surface area contributed by atoms with Gasteiger partial charge in [0, 0.05) is 22.0 Å². The van der Waals surface area contributed by atoms with Gasteiger partial charge in [-0.05, 0) is 23.6 Å². The predicted molar refractivity (Wildman–Crippen MR) is 87.7 cm³/mol. The Balaban J connectivity index is 2.10. The summed E-state index contributed by atoms with van der Waals surface area (Å²) < 4.78 is 13.7. The third kappa shape index (κ3) is 4.46. The Bertz CT molecular complexity index is 767. The van der Waals surface area contributed by atoms with Gasteiger partial charge in [-0.15, -0.1) is 11.3 Å². The van der Waals surface area contributed by atoms with E-state index in [1.165, 1.54) is 12.1 Å². The maximum atomic E-state index is 13.7. The molecule has 0 bridgehead atoms. The van der Waals surface area contributed by atoms with Gasteiger partial charge in [-0.2, -0.15) is 10.5 Å². The van der Waals surface area contributed by atoms with Crippen LogP contribution in [0, 0.1) is 28.5 Å². The molecule has 0 spiro atoms. The molecule has 4 nitrogen and oxygen atoms in total. The molecule has 1 heterocycles. The highest BCUT2D eigenvalue weighted by molar-refractivity contribution is 7.09. The van der Waals surface area contributed by atoms with E-state index in [2.05, 4.69) is 10.6 Å². The van der Waals surface area contributed by atoms with E-state index in [9.17, 15) is 14.9 Å². The minimum absolute atomic E-state index is 0.0141. The van der Waals surface area contributed by atoms with Crippen LogP contribution in [-0.2, 0) is 13.1 Å². The van der Waals surface area contributed by atoms with Gasteiger partial charge in [0.05, 0.1) is 6.54 Å². The molecule has 0 unspecified atom stereocenters. The van der Waals surface area contributed by atoms with Gasteiger partial charge in [0.15, 0.2) is 0 Å². The fourth-order valence-corrected chi connectivity index (χ4v) is 2.71. The van der Waals surface area contributed by atoms with Crippen molar-refractivity contribution in [2.75, 3.05) is 0 Å². The zero-order valence-corrected chi connectivity index (χ0v) is 13.5. The molecule has 0 amide bonds. The molecular weight excluding hydrogens is 335 g/mol. The molecule has 0 aliphatic heterocycles. The molecule has 0 aliphatic carbocycles. The van der Waals surface area contributed by atoms with Crippen molar-refractivity contribution in [2.45, 2.75) is 13.1 Å². The number of nitrogens with zero attached hydrogens (tertiary/aromatic N) is 2. The molecule has 0 fully saturated rings. The minimum atomic E-state index is -0.465. The summed E-state index contributed by atoms with van der Waals surface area (Å²) in [5.74, 6) is -0.465. The Morgan fingerprint density at radius 2 is 1.78 bits per heavy atom. The van der Waals surface area contributed by atoms with Crippen molar-refractivity contribution >= 4 is 22.9 Å². The lowest BCUT2D eigenvalue weighted by atomic mass is 10.2. The van der Waals surface area contributed by atoms with Gasteiger partial charge < -0.3 is 10.6 Å². The SMILES string of the molecule is N#C/C(NCc1cccs1)=C(\C#N)NCc1c(F)cccc1Cl. The number of hydrogen-bond donors (Lipinski definition) is 2. The summed E-state index contributed by atoms with van der Waals surface area (Å²) in [5, 5.41) is 26.3. The Morgan fingerprint density at radius 3 is 2.35 bits per heavy atom. The first-order chi connectivity index (χ1) is 11.2. The van der Waals surface area contributed by atoms with Crippen LogP contribution in [0.2, 0.25) is 5.02 Å². The minimum Gasteiger partial charge on any atom is -0.370 e. The molecule has 0 aliphatic rings. The first kappa shape index (κ1) is 16.8. The van der Waals surface area contributed by atoms with Crippen molar-refractivity contribution in [3.05, 3.63) is 68.4 Å². The van der Waals surface area contributed by atoms with Gasteiger partial charge in [-0.1, -0.05) is 23.7 Å². The van der Waals surface area contributed by atoms with Gasteiger partial charge in [0.2, 0.25) is 0 Å². The second-order valence-corrected chi connectivity index (χ2v) is 5.90. The molecular formula is C16H12ClFN4S. The number of allylic oxidation sites excluding steroid dienone is 2. The Kier molecular flexibility index (Phi) is 5.99. The van der Waals surface area contributed by atoms with Crippen LogP contribution < -0.4 is 10.6 Å². The molecule has 1 aromatic carbocycles. The summed E-state index contributed by atoms with van der Waals surface area (Å²) in [6.07, 6.45) is 0. The third-order valence-corrected chi connectivity index (χ3v) is 4.23. The Morgan fingerprint density at radius 1 is 1.09 bits per heavy atom. The molecule has 2 N–H and O–H groups in total. The lowest BCUT2D eigenvalue weighted by Gasteiger charge is -2.10. The van der Waals surface area contributed by atoms with Crippen LogP contribution in [0.5, 0.6) is 0 Å². The van der Waals surface area contributed by atoms with E-state index >= 15 is 0 Å². The highest BCUT2D eigenvalue weighted by atomic mass is 35.5. The summed E-state index contributed by atoms with van der Waals surface area (Å²) in [7, 11) is 0. The molecule has 2 aromatic rings. The van der Waals surface area contributed by atoms with Crippen molar-refractivity contribution < 1.29 is 4.39 Å². The first-order valence-electron chi connectivity index (χ1n) is 6.63. The zero-order valence-electron chi connectivity index (χ0n) is 11.9. The van der Waals surface area contributed by atoms with Crippen LogP contribution in [0.1, 0.15) is 10.4 Å². The highest BCUT2D eigenvalue weighted by Crippen LogP contribution is 2.19. The normalized spacial score (nSPS) is 11.1. The lowest BCUT2D eigenvalue weighted by molar-refractivity contribution is 0.602. The lowest BCUT2D eigenvalue weighted by Crippen LogP contribution is -2.21. The van der Waals surface area contributed by atoms with E-state index in [0.717, 1.165) is 4.88 Å². The topological polar surface area (TPSA) is 71.6 Å². The largest absolute Gasteiger partial charge is 0.370 e. The van der Waals surface area contributed by atoms with E-state index in [-0.39, 0.29) is 28.5 Å². The van der Waals surface area contributed by atoms with E-state index in [1.807, 2.05) is 29.7 Å². The van der Waals surface area contributed by atoms with E-state index in [4.69, 9.17) is 11.6 Å². The van der Waals surface area contributed by atoms with E-state index < -0.39 is 5.82 Å². The number of thiophene rings is 1. The van der Waals surface area contributed by atoms with Crippen LogP contribution in [-0.4, -0.2) is 0 Å². The standard InChI is InChI=1S/C16H12ClFN4S/c17-13-4-1-5-14(18)12(13)10-22-16(8-20)15(7-19)21-9-11-3-2-6-23-11/h1-6,21-22H,9-10H2/b16-15-. The molecule has 0 saturated heterocycles. The molecule has 0 saturated carbocycles. The summed E-state index contributed by atoms with van der Waals surface area (Å²) in [6.45, 7) is 0.453. The summed E-state index contributed by atoms with van der Waals surface area (Å²) >= 11 is 7.48. The second kappa shape index (κ2) is 8.19. The van der Waals surface area contributed by atoms with Gasteiger partial charge in [0.25, 0.3) is 0 Å². The van der Waals surface area contributed by atoms with Crippen LogP contribution in [0.15, 0.2) is 47.1 Å². The predicted octanol–water partition coefficient (Wildman–Crippen LogP) is 3.68. The number of nitriles is 2. The van der Waals surface area contributed by atoms with Crippen LogP contribution in [0.25, 0.3) is 0 Å². The fourth-order valence-electron chi connectivity index (χ4n) is 1.83. The fraction of sp³-hybridized carbons (Fsp3) is 0.125. The number of hydrogen-bond acceptors (Lipinski definition) is 5. The summed E-state index contributed by atoms with van der Waals surface area (Å²) in [4.78, 5) is 1.03. The molecule has 0 radical (unpaired) electrons. The van der Waals surface area contributed by atoms with Crippen molar-refractivity contribution in [1.29, 1.82) is 10.5 Å². The smallest absolute Gasteiger partial charge is 0.148 e. The Hall–Kier alpha value is -2.54. The highest BCUT2D eigenvalue weighted by Gasteiger charge is 2.10. The summed E-state index contributed by atoms with van der Waals surface area (Å²) in [6, 6.07) is 12.0. The number of halogens is 2. The van der Waals surface area contributed by atoms with Crippen LogP contribution in [0.3, 0.4) is 0 Å². The number of rotatable bonds is 6. The number of benzene rings is 1. The zero-order chi connectivity index (χ0) is 16.7. The number of nitrogens with one attached hydrogen (secondary N) is 2. The average molecular weight is 347 g/mol. The van der Waals surface area contributed by atoms with Crippen molar-refractivity contribution in [2.24, 2.45) is 0 Å². The molecule has 116 valence electrons. The van der Waals surface area contributed by atoms with E-state index in [0.29, 0.717) is 6.54 Å². The average Bonchev–Trinajstić information content (AvgIpc) is 3.06. The van der Waals surface area contributed by atoms with Gasteiger partial charge in [-0.25, -0.2) is 4.39 Å². The second-order valence-electron chi connectivity index (χ2n) is 4.46. The van der Waals surface area contributed by atoms with E-state index in [1.54, 1.807) is 17.4 Å². The molecule has 2 rings (SSSR count). The van der Waals surface area contributed by atoms with Crippen LogP contribution >= 0.6 is 22.9 Å². The van der Waals surface area contributed by atoms with Crippen molar-refractivity contribution in [3.63, 3.8) is 0 Å². The van der Waals surface area contributed by atoms with Gasteiger partial charge in [-0.3, -0.25) is 0 Å². The molecule has 23 heavy (non-hydrogen) atoms. The van der Waals surface area contributed by atoms with Gasteiger partial charge in [0.1, 0.15) is 29.3 Å². The third-order valence-electron chi connectivity index (χ3n) is 3.00. The molecule has 7 heteroatoms. The quantitative estimate of drug-likeness (QED) is 0.783.